The van der Waals surface area contributed by atoms with E-state index in [4.69, 9.17) is 10.8 Å². The Morgan fingerprint density at radius 1 is 1.59 bits per heavy atom. The normalized spacial score (nSPS) is 12.5. The molecule has 5 nitrogen and oxygen atoms in total. The highest BCUT2D eigenvalue weighted by atomic mass is 16.3. The lowest BCUT2D eigenvalue weighted by molar-refractivity contribution is 0.0896. The summed E-state index contributed by atoms with van der Waals surface area (Å²) in [6, 6.07) is 1.33. The molecule has 1 aromatic heterocycles. The van der Waals surface area contributed by atoms with Crippen molar-refractivity contribution >= 4 is 11.6 Å². The van der Waals surface area contributed by atoms with Gasteiger partial charge in [-0.25, -0.2) is 0 Å². The number of rotatable bonds is 4. The second kappa shape index (κ2) is 5.63. The van der Waals surface area contributed by atoms with E-state index in [1.165, 1.54) is 6.20 Å². The van der Waals surface area contributed by atoms with Gasteiger partial charge in [-0.3, -0.25) is 9.78 Å². The Labute approximate surface area is 101 Å². The predicted octanol–water partition coefficient (Wildman–Crippen LogP) is 0.719. The number of nitrogens with one attached hydrogen (secondary N) is 1. The standard InChI is InChI=1S/C12H19N3O2/c1-7(2)11(6-16)15-12(17)10-4-9(13)5-14-8(10)3/h4-5,7,11,16H,6,13H2,1-3H3,(H,15,17)/t11-/m1/s1. The van der Waals surface area contributed by atoms with Crippen molar-refractivity contribution in [3.63, 3.8) is 0 Å². The lowest BCUT2D eigenvalue weighted by Gasteiger charge is -2.20. The number of pyridine rings is 1. The van der Waals surface area contributed by atoms with Crippen molar-refractivity contribution < 1.29 is 9.90 Å². The van der Waals surface area contributed by atoms with Crippen LogP contribution in [0.5, 0.6) is 0 Å². The molecule has 5 heteroatoms. The number of aryl methyl sites for hydroxylation is 1. The third kappa shape index (κ3) is 3.42. The Bertz CT molecular complexity index is 405. The second-order valence-electron chi connectivity index (χ2n) is 4.41. The summed E-state index contributed by atoms with van der Waals surface area (Å²) in [7, 11) is 0. The number of amides is 1. The number of aliphatic hydroxyl groups excluding tert-OH is 1. The molecule has 17 heavy (non-hydrogen) atoms. The highest BCUT2D eigenvalue weighted by Gasteiger charge is 2.17. The predicted molar refractivity (Wildman–Crippen MR) is 66.6 cm³/mol. The Kier molecular flexibility index (Phi) is 4.45. The lowest BCUT2D eigenvalue weighted by Crippen LogP contribution is -2.41. The number of hydrogen-bond acceptors (Lipinski definition) is 4. The third-order valence-electron chi connectivity index (χ3n) is 2.67. The molecule has 0 saturated carbocycles. The van der Waals surface area contributed by atoms with Crippen LogP contribution in [0.4, 0.5) is 5.69 Å². The average Bonchev–Trinajstić information content (AvgIpc) is 2.28. The van der Waals surface area contributed by atoms with Gasteiger partial charge in [-0.1, -0.05) is 13.8 Å². The highest BCUT2D eigenvalue weighted by Crippen LogP contribution is 2.10. The largest absolute Gasteiger partial charge is 0.397 e. The van der Waals surface area contributed by atoms with Crippen LogP contribution >= 0.6 is 0 Å². The van der Waals surface area contributed by atoms with Crippen molar-refractivity contribution in [1.82, 2.24) is 10.3 Å². The number of hydrogen-bond donors (Lipinski definition) is 3. The van der Waals surface area contributed by atoms with Crippen LogP contribution in [0, 0.1) is 12.8 Å². The molecule has 0 unspecified atom stereocenters. The van der Waals surface area contributed by atoms with Gasteiger partial charge < -0.3 is 16.2 Å². The van der Waals surface area contributed by atoms with E-state index in [-0.39, 0.29) is 24.5 Å². The molecule has 0 aliphatic carbocycles. The summed E-state index contributed by atoms with van der Waals surface area (Å²) in [5.41, 5.74) is 7.12. The van der Waals surface area contributed by atoms with Gasteiger partial charge in [-0.2, -0.15) is 0 Å². The molecule has 1 aromatic rings. The van der Waals surface area contributed by atoms with Crippen LogP contribution < -0.4 is 11.1 Å². The highest BCUT2D eigenvalue weighted by molar-refractivity contribution is 5.96. The molecule has 0 radical (unpaired) electrons. The number of aliphatic hydroxyl groups is 1. The first-order chi connectivity index (χ1) is 7.95. The van der Waals surface area contributed by atoms with E-state index in [0.717, 1.165) is 0 Å². The van der Waals surface area contributed by atoms with Crippen LogP contribution in [0.3, 0.4) is 0 Å². The number of carbonyl (C=O) groups excluding carboxylic acids is 1. The van der Waals surface area contributed by atoms with Gasteiger partial charge in [0.2, 0.25) is 0 Å². The molecule has 0 aliphatic heterocycles. The van der Waals surface area contributed by atoms with Gasteiger partial charge in [-0.15, -0.1) is 0 Å². The quantitative estimate of drug-likeness (QED) is 0.720. The summed E-state index contributed by atoms with van der Waals surface area (Å²) >= 11 is 0. The minimum Gasteiger partial charge on any atom is -0.397 e. The molecule has 0 saturated heterocycles. The summed E-state index contributed by atoms with van der Waals surface area (Å²) in [4.78, 5) is 16.0. The molecule has 0 bridgehead atoms. The maximum atomic E-state index is 12.0. The topological polar surface area (TPSA) is 88.2 Å². The van der Waals surface area contributed by atoms with Crippen molar-refractivity contribution in [2.24, 2.45) is 5.92 Å². The Morgan fingerprint density at radius 3 is 2.76 bits per heavy atom. The zero-order valence-electron chi connectivity index (χ0n) is 10.4. The van der Waals surface area contributed by atoms with E-state index in [1.54, 1.807) is 13.0 Å². The fraction of sp³-hybridized carbons (Fsp3) is 0.500. The Morgan fingerprint density at radius 2 is 2.24 bits per heavy atom. The SMILES string of the molecule is Cc1ncc(N)cc1C(=O)N[C@H](CO)C(C)C. The summed E-state index contributed by atoms with van der Waals surface area (Å²) < 4.78 is 0. The van der Waals surface area contributed by atoms with Crippen LogP contribution in [0.2, 0.25) is 0 Å². The molecule has 1 rings (SSSR count). The van der Waals surface area contributed by atoms with E-state index < -0.39 is 0 Å². The van der Waals surface area contributed by atoms with Crippen LogP contribution in [0.15, 0.2) is 12.3 Å². The fourth-order valence-corrected chi connectivity index (χ4v) is 1.45. The van der Waals surface area contributed by atoms with Crippen molar-refractivity contribution in [1.29, 1.82) is 0 Å². The van der Waals surface area contributed by atoms with Crippen LogP contribution in [-0.2, 0) is 0 Å². The van der Waals surface area contributed by atoms with Gasteiger partial charge in [0.1, 0.15) is 0 Å². The number of nitrogens with two attached hydrogens (primary N) is 1. The maximum absolute atomic E-state index is 12.0. The summed E-state index contributed by atoms with van der Waals surface area (Å²) in [5.74, 6) is -0.0895. The van der Waals surface area contributed by atoms with Crippen molar-refractivity contribution in [2.45, 2.75) is 26.8 Å². The van der Waals surface area contributed by atoms with Crippen LogP contribution in [-0.4, -0.2) is 28.6 Å². The number of nitrogens with zero attached hydrogens (tertiary/aromatic N) is 1. The summed E-state index contributed by atoms with van der Waals surface area (Å²) in [6.07, 6.45) is 1.51. The first-order valence-corrected chi connectivity index (χ1v) is 5.59. The maximum Gasteiger partial charge on any atom is 0.253 e. The number of carbonyl (C=O) groups is 1. The van der Waals surface area contributed by atoms with Gasteiger partial charge in [0, 0.05) is 0 Å². The zero-order chi connectivity index (χ0) is 13.0. The van der Waals surface area contributed by atoms with Crippen LogP contribution in [0.25, 0.3) is 0 Å². The van der Waals surface area contributed by atoms with Crippen molar-refractivity contribution in [2.75, 3.05) is 12.3 Å². The molecule has 94 valence electrons. The van der Waals surface area contributed by atoms with Gasteiger partial charge in [-0.05, 0) is 18.9 Å². The van der Waals surface area contributed by atoms with Crippen molar-refractivity contribution in [3.05, 3.63) is 23.5 Å². The van der Waals surface area contributed by atoms with E-state index in [0.29, 0.717) is 16.9 Å². The van der Waals surface area contributed by atoms with E-state index in [9.17, 15) is 4.79 Å². The first-order valence-electron chi connectivity index (χ1n) is 5.59. The lowest BCUT2D eigenvalue weighted by atomic mass is 10.0. The van der Waals surface area contributed by atoms with Crippen molar-refractivity contribution in [3.8, 4) is 0 Å². The smallest absolute Gasteiger partial charge is 0.253 e. The molecule has 0 aromatic carbocycles. The van der Waals surface area contributed by atoms with Gasteiger partial charge in [0.25, 0.3) is 5.91 Å². The number of nitrogen functional groups attached to an aromatic ring is 1. The minimum absolute atomic E-state index is 0.0851. The molecule has 1 amide bonds. The molecule has 0 spiro atoms. The second-order valence-corrected chi connectivity index (χ2v) is 4.41. The van der Waals surface area contributed by atoms with Crippen LogP contribution in [0.1, 0.15) is 29.9 Å². The molecule has 1 heterocycles. The molecule has 0 aliphatic rings. The Balaban J connectivity index is 2.86. The molecular formula is C12H19N3O2. The fourth-order valence-electron chi connectivity index (χ4n) is 1.45. The molecular weight excluding hydrogens is 218 g/mol. The number of anilines is 1. The summed E-state index contributed by atoms with van der Waals surface area (Å²) in [6.45, 7) is 5.53. The number of aromatic nitrogens is 1. The molecule has 4 N–H and O–H groups in total. The van der Waals surface area contributed by atoms with Gasteiger partial charge in [0.05, 0.1) is 35.8 Å². The van der Waals surface area contributed by atoms with E-state index in [1.807, 2.05) is 13.8 Å². The molecule has 1 atom stereocenters. The first kappa shape index (κ1) is 13.4. The zero-order valence-corrected chi connectivity index (χ0v) is 10.4. The third-order valence-corrected chi connectivity index (χ3v) is 2.67. The molecule has 0 fully saturated rings. The van der Waals surface area contributed by atoms with Gasteiger partial charge in [0.15, 0.2) is 0 Å². The van der Waals surface area contributed by atoms with E-state index in [2.05, 4.69) is 10.3 Å². The summed E-state index contributed by atoms with van der Waals surface area (Å²) in [5, 5.41) is 11.9. The Hall–Kier alpha value is -1.62. The monoisotopic (exact) mass is 237 g/mol. The minimum atomic E-state index is -0.261. The van der Waals surface area contributed by atoms with Gasteiger partial charge >= 0.3 is 0 Å². The average molecular weight is 237 g/mol. The van der Waals surface area contributed by atoms with E-state index >= 15 is 0 Å².